The molecule has 0 saturated heterocycles. The number of nitrogens with one attached hydrogen (secondary N) is 1. The number of nitrogens with zero attached hydrogens (tertiary/aromatic N) is 5. The van der Waals surface area contributed by atoms with Crippen molar-refractivity contribution in [3.05, 3.63) is 30.1 Å². The number of nitrogen functional groups attached to an aromatic ring is 1. The predicted octanol–water partition coefficient (Wildman–Crippen LogP) is 1.13. The molecule has 0 spiro atoms. The lowest BCUT2D eigenvalue weighted by atomic mass is 10.3. The first-order valence-electron chi connectivity index (χ1n) is 5.91. The van der Waals surface area contributed by atoms with Gasteiger partial charge in [0.1, 0.15) is 5.82 Å². The SMILES string of the molecule is CN(C)c1nc(NN)nc(N(C)c2ccccc2F)n1. The van der Waals surface area contributed by atoms with Crippen LogP contribution in [0.2, 0.25) is 0 Å². The third-order valence-electron chi connectivity index (χ3n) is 2.65. The average molecular weight is 277 g/mol. The molecule has 0 saturated carbocycles. The fourth-order valence-corrected chi connectivity index (χ4v) is 1.60. The number of nitrogens with two attached hydrogens (primary N) is 1. The van der Waals surface area contributed by atoms with E-state index in [4.69, 9.17) is 5.84 Å². The highest BCUT2D eigenvalue weighted by molar-refractivity contribution is 5.59. The van der Waals surface area contributed by atoms with Crippen molar-refractivity contribution >= 4 is 23.5 Å². The second kappa shape index (κ2) is 5.66. The first-order valence-corrected chi connectivity index (χ1v) is 5.91. The Labute approximate surface area is 116 Å². The van der Waals surface area contributed by atoms with Crippen LogP contribution in [0.25, 0.3) is 0 Å². The monoisotopic (exact) mass is 277 g/mol. The zero-order valence-corrected chi connectivity index (χ0v) is 11.5. The lowest BCUT2D eigenvalue weighted by Gasteiger charge is -2.20. The highest BCUT2D eigenvalue weighted by Gasteiger charge is 2.15. The molecule has 0 unspecified atom stereocenters. The van der Waals surface area contributed by atoms with E-state index in [9.17, 15) is 4.39 Å². The highest BCUT2D eigenvalue weighted by atomic mass is 19.1. The van der Waals surface area contributed by atoms with Crippen LogP contribution in [-0.4, -0.2) is 36.1 Å². The van der Waals surface area contributed by atoms with Gasteiger partial charge in [-0.3, -0.25) is 5.43 Å². The van der Waals surface area contributed by atoms with Crippen LogP contribution in [0.15, 0.2) is 24.3 Å². The van der Waals surface area contributed by atoms with Crippen molar-refractivity contribution < 1.29 is 4.39 Å². The molecule has 20 heavy (non-hydrogen) atoms. The molecule has 0 amide bonds. The Balaban J connectivity index is 2.46. The molecule has 0 fully saturated rings. The molecule has 2 rings (SSSR count). The molecule has 2 aromatic rings. The molecule has 0 radical (unpaired) electrons. The Morgan fingerprint density at radius 3 is 2.30 bits per heavy atom. The molecular formula is C12H16FN7. The molecule has 1 aromatic carbocycles. The van der Waals surface area contributed by atoms with Crippen molar-refractivity contribution in [2.45, 2.75) is 0 Å². The van der Waals surface area contributed by atoms with E-state index in [1.807, 2.05) is 0 Å². The molecule has 0 bridgehead atoms. The van der Waals surface area contributed by atoms with Gasteiger partial charge in [-0.05, 0) is 12.1 Å². The first kappa shape index (κ1) is 13.9. The molecule has 8 heteroatoms. The fraction of sp³-hybridized carbons (Fsp3) is 0.250. The number of benzene rings is 1. The van der Waals surface area contributed by atoms with Crippen molar-refractivity contribution in [3.8, 4) is 0 Å². The Morgan fingerprint density at radius 2 is 1.70 bits per heavy atom. The van der Waals surface area contributed by atoms with Crippen molar-refractivity contribution in [2.24, 2.45) is 5.84 Å². The normalized spacial score (nSPS) is 10.2. The zero-order valence-electron chi connectivity index (χ0n) is 11.5. The summed E-state index contributed by atoms with van der Waals surface area (Å²) < 4.78 is 13.8. The number of hydrogen-bond acceptors (Lipinski definition) is 7. The molecule has 0 atom stereocenters. The second-order valence-corrected chi connectivity index (χ2v) is 4.31. The van der Waals surface area contributed by atoms with E-state index in [1.54, 1.807) is 44.2 Å². The summed E-state index contributed by atoms with van der Waals surface area (Å²) in [5, 5.41) is 0. The number of para-hydroxylation sites is 1. The maximum atomic E-state index is 13.8. The second-order valence-electron chi connectivity index (χ2n) is 4.31. The van der Waals surface area contributed by atoms with Crippen molar-refractivity contribution in [1.82, 2.24) is 15.0 Å². The molecule has 106 valence electrons. The van der Waals surface area contributed by atoms with Crippen molar-refractivity contribution in [3.63, 3.8) is 0 Å². The predicted molar refractivity (Wildman–Crippen MR) is 76.4 cm³/mol. The summed E-state index contributed by atoms with van der Waals surface area (Å²) in [4.78, 5) is 15.7. The zero-order chi connectivity index (χ0) is 14.7. The van der Waals surface area contributed by atoms with Gasteiger partial charge in [-0.2, -0.15) is 15.0 Å². The van der Waals surface area contributed by atoms with Gasteiger partial charge in [0.2, 0.25) is 17.8 Å². The molecule has 7 nitrogen and oxygen atoms in total. The number of halogens is 1. The van der Waals surface area contributed by atoms with Crippen LogP contribution in [0, 0.1) is 5.82 Å². The third kappa shape index (κ3) is 2.75. The van der Waals surface area contributed by atoms with E-state index < -0.39 is 0 Å². The number of anilines is 4. The topological polar surface area (TPSA) is 83.2 Å². The lowest BCUT2D eigenvalue weighted by molar-refractivity contribution is 0.627. The summed E-state index contributed by atoms with van der Waals surface area (Å²) >= 11 is 0. The van der Waals surface area contributed by atoms with Crippen LogP contribution in [0.3, 0.4) is 0 Å². The van der Waals surface area contributed by atoms with Crippen LogP contribution in [0.1, 0.15) is 0 Å². The number of hydrazine groups is 1. The van der Waals surface area contributed by atoms with Gasteiger partial charge in [-0.25, -0.2) is 10.2 Å². The van der Waals surface area contributed by atoms with Gasteiger partial charge < -0.3 is 9.80 Å². The molecule has 1 aromatic heterocycles. The Morgan fingerprint density at radius 1 is 1.05 bits per heavy atom. The standard InChI is InChI=1S/C12H16FN7/c1-19(2)11-15-10(18-14)16-12(17-11)20(3)9-7-5-4-6-8(9)13/h4-7H,14H2,1-3H3,(H,15,16,17,18). The van der Waals surface area contributed by atoms with E-state index in [0.717, 1.165) is 0 Å². The lowest BCUT2D eigenvalue weighted by Crippen LogP contribution is -2.21. The summed E-state index contributed by atoms with van der Waals surface area (Å²) in [5.74, 6) is 5.91. The van der Waals surface area contributed by atoms with E-state index in [-0.39, 0.29) is 11.8 Å². The average Bonchev–Trinajstić information content (AvgIpc) is 2.46. The number of aromatic nitrogens is 3. The fourth-order valence-electron chi connectivity index (χ4n) is 1.60. The maximum absolute atomic E-state index is 13.8. The van der Waals surface area contributed by atoms with Crippen LogP contribution in [-0.2, 0) is 0 Å². The van der Waals surface area contributed by atoms with Gasteiger partial charge in [0.05, 0.1) is 5.69 Å². The first-order chi connectivity index (χ1) is 9.52. The molecular weight excluding hydrogens is 261 g/mol. The van der Waals surface area contributed by atoms with E-state index in [1.165, 1.54) is 11.0 Å². The Kier molecular flexibility index (Phi) is 3.94. The molecule has 0 aliphatic heterocycles. The quantitative estimate of drug-likeness (QED) is 0.640. The van der Waals surface area contributed by atoms with Gasteiger partial charge in [-0.15, -0.1) is 0 Å². The summed E-state index contributed by atoms with van der Waals surface area (Å²) in [6.07, 6.45) is 0. The minimum atomic E-state index is -0.357. The van der Waals surface area contributed by atoms with E-state index in [0.29, 0.717) is 17.6 Å². The molecule has 1 heterocycles. The maximum Gasteiger partial charge on any atom is 0.243 e. The van der Waals surface area contributed by atoms with Gasteiger partial charge in [0.25, 0.3) is 0 Å². The van der Waals surface area contributed by atoms with E-state index in [2.05, 4.69) is 20.4 Å². The van der Waals surface area contributed by atoms with Crippen LogP contribution >= 0.6 is 0 Å². The Hall–Kier alpha value is -2.48. The van der Waals surface area contributed by atoms with Crippen LogP contribution in [0.4, 0.5) is 27.9 Å². The van der Waals surface area contributed by atoms with Crippen LogP contribution in [0.5, 0.6) is 0 Å². The molecule has 3 N–H and O–H groups in total. The number of hydrogen-bond donors (Lipinski definition) is 2. The van der Waals surface area contributed by atoms with Gasteiger partial charge in [0.15, 0.2) is 0 Å². The summed E-state index contributed by atoms with van der Waals surface area (Å²) in [7, 11) is 5.26. The molecule has 0 aliphatic carbocycles. The van der Waals surface area contributed by atoms with Gasteiger partial charge in [0, 0.05) is 21.1 Å². The van der Waals surface area contributed by atoms with Crippen molar-refractivity contribution in [2.75, 3.05) is 36.4 Å². The third-order valence-corrected chi connectivity index (χ3v) is 2.65. The minimum Gasteiger partial charge on any atom is -0.347 e. The van der Waals surface area contributed by atoms with Crippen molar-refractivity contribution in [1.29, 1.82) is 0 Å². The minimum absolute atomic E-state index is 0.210. The smallest absolute Gasteiger partial charge is 0.243 e. The van der Waals surface area contributed by atoms with Gasteiger partial charge >= 0.3 is 0 Å². The summed E-state index contributed by atoms with van der Waals surface area (Å²) in [6, 6.07) is 6.38. The summed E-state index contributed by atoms with van der Waals surface area (Å²) in [5.41, 5.74) is 2.74. The van der Waals surface area contributed by atoms with Crippen LogP contribution < -0.4 is 21.1 Å². The Bertz CT molecular complexity index is 602. The largest absolute Gasteiger partial charge is 0.347 e. The van der Waals surface area contributed by atoms with E-state index >= 15 is 0 Å². The van der Waals surface area contributed by atoms with Gasteiger partial charge in [-0.1, -0.05) is 12.1 Å². The highest BCUT2D eigenvalue weighted by Crippen LogP contribution is 2.24. The summed E-state index contributed by atoms with van der Waals surface area (Å²) in [6.45, 7) is 0. The number of rotatable bonds is 4. The molecule has 0 aliphatic rings.